The predicted octanol–water partition coefficient (Wildman–Crippen LogP) is 4.78. The van der Waals surface area contributed by atoms with Crippen LogP contribution in [0.2, 0.25) is 0 Å². The maximum Gasteiger partial charge on any atom is 0.342 e. The molecular formula is C29H30O9. The van der Waals surface area contributed by atoms with Crippen molar-refractivity contribution in [2.24, 2.45) is 0 Å². The van der Waals surface area contributed by atoms with Crippen molar-refractivity contribution in [1.29, 1.82) is 0 Å². The molecular weight excluding hydrogens is 492 g/mol. The van der Waals surface area contributed by atoms with Gasteiger partial charge in [-0.3, -0.25) is 9.59 Å². The second kappa shape index (κ2) is 11.9. The van der Waals surface area contributed by atoms with Crippen LogP contribution in [0.1, 0.15) is 84.8 Å². The number of phenols is 1. The third-order valence-corrected chi connectivity index (χ3v) is 6.62. The first-order valence-electron chi connectivity index (χ1n) is 12.7. The van der Waals surface area contributed by atoms with Crippen molar-refractivity contribution >= 4 is 29.8 Å². The minimum absolute atomic E-state index is 0.0492. The molecule has 200 valence electrons. The topological polar surface area (TPSA) is 136 Å². The van der Waals surface area contributed by atoms with Gasteiger partial charge in [0.25, 0.3) is 0 Å². The van der Waals surface area contributed by atoms with Crippen molar-refractivity contribution in [3.63, 3.8) is 0 Å². The molecule has 0 amide bonds. The van der Waals surface area contributed by atoms with E-state index < -0.39 is 36.5 Å². The fraction of sp³-hybridized carbons (Fsp3) is 0.379. The summed E-state index contributed by atoms with van der Waals surface area (Å²) in [5.74, 6) is -3.05. The molecule has 4 rings (SSSR count). The number of carbonyl (C=O) groups excluding carboxylic acids is 3. The standard InChI is InChI=1S/C29H30O9/c1-17-8-7-11-19(30)10-4-2-3-9-18-14-23-27(28(34)26(18)29(35)37-17)21(15-25(33)38-23)20-12-5-6-13-22(20)36-16-24(31)32/h3,5-6,9,12-14,17,21,34H,2,4,7-8,10-11,15-16H2,1H3,(H,31,32)/b9-3+/t17-,21+/m1/s1. The fourth-order valence-electron chi connectivity index (χ4n) is 4.82. The van der Waals surface area contributed by atoms with Crippen molar-refractivity contribution in [2.45, 2.75) is 63.9 Å². The van der Waals surface area contributed by atoms with E-state index in [-0.39, 0.29) is 40.6 Å². The molecule has 0 bridgehead atoms. The third kappa shape index (κ3) is 6.22. The van der Waals surface area contributed by atoms with E-state index in [1.807, 2.05) is 0 Å². The number of hydrogen-bond donors (Lipinski definition) is 2. The molecule has 0 fully saturated rings. The van der Waals surface area contributed by atoms with Gasteiger partial charge in [0.1, 0.15) is 28.6 Å². The maximum absolute atomic E-state index is 13.3. The zero-order valence-electron chi connectivity index (χ0n) is 21.1. The third-order valence-electron chi connectivity index (χ3n) is 6.62. The monoisotopic (exact) mass is 522 g/mol. The number of esters is 2. The van der Waals surface area contributed by atoms with E-state index in [4.69, 9.17) is 19.3 Å². The number of ether oxygens (including phenoxy) is 3. The molecule has 2 aliphatic rings. The van der Waals surface area contributed by atoms with Crippen LogP contribution in [-0.2, 0) is 19.1 Å². The summed E-state index contributed by atoms with van der Waals surface area (Å²) in [6, 6.07) is 8.16. The van der Waals surface area contributed by atoms with Crippen LogP contribution in [0.4, 0.5) is 0 Å². The number of aliphatic carboxylic acids is 1. The summed E-state index contributed by atoms with van der Waals surface area (Å²) in [6.45, 7) is 1.15. The smallest absolute Gasteiger partial charge is 0.342 e. The molecule has 2 aromatic rings. The summed E-state index contributed by atoms with van der Waals surface area (Å²) in [5, 5.41) is 20.6. The Bertz CT molecular complexity index is 1280. The Morgan fingerprint density at radius 3 is 2.68 bits per heavy atom. The number of cyclic esters (lactones) is 1. The van der Waals surface area contributed by atoms with Crippen LogP contribution in [0.3, 0.4) is 0 Å². The van der Waals surface area contributed by atoms with Crippen molar-refractivity contribution in [3.8, 4) is 17.2 Å². The first kappa shape index (κ1) is 26.9. The van der Waals surface area contributed by atoms with Gasteiger partial charge in [-0.2, -0.15) is 0 Å². The Labute approximate surface area is 220 Å². The average molecular weight is 523 g/mol. The Morgan fingerprint density at radius 1 is 1.13 bits per heavy atom. The molecule has 0 radical (unpaired) electrons. The largest absolute Gasteiger partial charge is 0.507 e. The van der Waals surface area contributed by atoms with E-state index in [0.29, 0.717) is 49.7 Å². The van der Waals surface area contributed by atoms with Crippen LogP contribution in [0.5, 0.6) is 17.2 Å². The minimum atomic E-state index is -1.16. The first-order valence-corrected chi connectivity index (χ1v) is 12.7. The molecule has 2 heterocycles. The highest BCUT2D eigenvalue weighted by atomic mass is 16.5. The predicted molar refractivity (Wildman–Crippen MR) is 136 cm³/mol. The molecule has 9 nitrogen and oxygen atoms in total. The van der Waals surface area contributed by atoms with Crippen LogP contribution >= 0.6 is 0 Å². The minimum Gasteiger partial charge on any atom is -0.507 e. The van der Waals surface area contributed by atoms with Gasteiger partial charge in [-0.15, -0.1) is 0 Å². The van der Waals surface area contributed by atoms with Gasteiger partial charge < -0.3 is 24.4 Å². The summed E-state index contributed by atoms with van der Waals surface area (Å²) in [4.78, 5) is 49.1. The van der Waals surface area contributed by atoms with Crippen molar-refractivity contribution in [2.75, 3.05) is 6.61 Å². The van der Waals surface area contributed by atoms with Gasteiger partial charge >= 0.3 is 17.9 Å². The number of carboxylic acids is 1. The highest BCUT2D eigenvalue weighted by molar-refractivity contribution is 5.98. The molecule has 2 aromatic carbocycles. The number of hydrogen-bond acceptors (Lipinski definition) is 8. The number of allylic oxidation sites excluding steroid dienone is 1. The summed E-state index contributed by atoms with van der Waals surface area (Å²) in [7, 11) is 0. The highest BCUT2D eigenvalue weighted by Gasteiger charge is 2.36. The van der Waals surface area contributed by atoms with Crippen LogP contribution < -0.4 is 9.47 Å². The second-order valence-corrected chi connectivity index (χ2v) is 9.49. The number of aromatic hydroxyl groups is 1. The Kier molecular flexibility index (Phi) is 8.45. The molecule has 2 atom stereocenters. The van der Waals surface area contributed by atoms with Gasteiger partial charge in [0.05, 0.1) is 12.5 Å². The average Bonchev–Trinajstić information content (AvgIpc) is 2.86. The molecule has 2 N–H and O–H groups in total. The second-order valence-electron chi connectivity index (χ2n) is 9.49. The zero-order chi connectivity index (χ0) is 27.2. The lowest BCUT2D eigenvalue weighted by Gasteiger charge is -2.28. The Balaban J connectivity index is 1.81. The van der Waals surface area contributed by atoms with Gasteiger partial charge in [-0.25, -0.2) is 9.59 Å². The van der Waals surface area contributed by atoms with Gasteiger partial charge in [-0.05, 0) is 50.3 Å². The molecule has 0 unspecified atom stereocenters. The number of para-hydroxylation sites is 1. The summed E-state index contributed by atoms with van der Waals surface area (Å²) in [5.41, 5.74) is 0.974. The molecule has 0 aromatic heterocycles. The SMILES string of the molecule is C[C@@H]1CCCC(=O)CCC/C=C/c2cc3c(c(O)c2C(=O)O1)[C@H](c1ccccc1OCC(=O)O)CC(=O)O3. The lowest BCUT2D eigenvalue weighted by Crippen LogP contribution is -2.24. The molecule has 0 saturated heterocycles. The number of benzene rings is 2. The maximum atomic E-state index is 13.3. The number of fused-ring (bicyclic) bond motifs is 2. The molecule has 0 aliphatic carbocycles. The number of phenolic OH excluding ortho intramolecular Hbond substituents is 1. The lowest BCUT2D eigenvalue weighted by molar-refractivity contribution is -0.139. The number of ketones is 1. The summed E-state index contributed by atoms with van der Waals surface area (Å²) >= 11 is 0. The van der Waals surface area contributed by atoms with E-state index >= 15 is 0 Å². The number of carboxylic acid groups (broad SMARTS) is 1. The van der Waals surface area contributed by atoms with Crippen molar-refractivity contribution in [3.05, 3.63) is 58.7 Å². The number of rotatable bonds is 4. The van der Waals surface area contributed by atoms with Gasteiger partial charge in [0, 0.05) is 29.9 Å². The van der Waals surface area contributed by atoms with Gasteiger partial charge in [-0.1, -0.05) is 30.4 Å². The normalized spacial score (nSPS) is 21.2. The molecule has 9 heteroatoms. The van der Waals surface area contributed by atoms with Crippen molar-refractivity contribution in [1.82, 2.24) is 0 Å². The number of carbonyl (C=O) groups is 4. The number of Topliss-reactive ketones (excluding diaryl/α,β-unsaturated/α-hetero) is 1. The van der Waals surface area contributed by atoms with E-state index in [0.717, 1.165) is 0 Å². The van der Waals surface area contributed by atoms with E-state index in [1.165, 1.54) is 6.07 Å². The lowest BCUT2D eigenvalue weighted by atomic mass is 9.83. The molecule has 2 aliphatic heterocycles. The van der Waals surface area contributed by atoms with Crippen LogP contribution in [0.15, 0.2) is 36.4 Å². The molecule has 0 saturated carbocycles. The van der Waals surface area contributed by atoms with E-state index in [1.54, 1.807) is 43.3 Å². The Hall–Kier alpha value is -4.14. The van der Waals surface area contributed by atoms with Crippen molar-refractivity contribution < 1.29 is 43.6 Å². The molecule has 0 spiro atoms. The summed E-state index contributed by atoms with van der Waals surface area (Å²) in [6.07, 6.45) is 6.06. The van der Waals surface area contributed by atoms with Crippen LogP contribution in [0.25, 0.3) is 6.08 Å². The highest BCUT2D eigenvalue weighted by Crippen LogP contribution is 2.48. The van der Waals surface area contributed by atoms with E-state index in [2.05, 4.69) is 0 Å². The van der Waals surface area contributed by atoms with Crippen LogP contribution in [-0.4, -0.2) is 46.6 Å². The summed E-state index contributed by atoms with van der Waals surface area (Å²) < 4.78 is 16.6. The van der Waals surface area contributed by atoms with E-state index in [9.17, 15) is 24.3 Å². The Morgan fingerprint density at radius 2 is 1.89 bits per heavy atom. The van der Waals surface area contributed by atoms with Crippen LogP contribution in [0, 0.1) is 0 Å². The first-order chi connectivity index (χ1) is 18.2. The quantitative estimate of drug-likeness (QED) is 0.429. The van der Waals surface area contributed by atoms with Gasteiger partial charge in [0.15, 0.2) is 6.61 Å². The zero-order valence-corrected chi connectivity index (χ0v) is 21.1. The fourth-order valence-corrected chi connectivity index (χ4v) is 4.82. The molecule has 38 heavy (non-hydrogen) atoms. The van der Waals surface area contributed by atoms with Gasteiger partial charge in [0.2, 0.25) is 0 Å².